The highest BCUT2D eigenvalue weighted by Crippen LogP contribution is 2.41. The molecule has 3 rings (SSSR count). The molecule has 0 aliphatic rings. The minimum atomic E-state index is -4.71. The maximum absolute atomic E-state index is 14.8. The van der Waals surface area contributed by atoms with Crippen molar-refractivity contribution in [3.8, 4) is 22.4 Å². The van der Waals surface area contributed by atoms with Crippen molar-refractivity contribution in [3.63, 3.8) is 0 Å². The highest BCUT2D eigenvalue weighted by Gasteiger charge is 2.50. The molecule has 0 atom stereocenters. The normalized spacial score (nSPS) is 12.7. The van der Waals surface area contributed by atoms with Gasteiger partial charge in [-0.1, -0.05) is 38.1 Å². The summed E-state index contributed by atoms with van der Waals surface area (Å²) < 4.78 is 80.3. The second kappa shape index (κ2) is 7.92. The number of anilines is 1. The van der Waals surface area contributed by atoms with E-state index in [1.54, 1.807) is 0 Å². The molecule has 2 aromatic carbocycles. The molecule has 1 aromatic heterocycles. The fraction of sp³-hybridized carbons (Fsp3) is 0.238. The number of alkyl halides is 3. The molecule has 10 heteroatoms. The van der Waals surface area contributed by atoms with Gasteiger partial charge in [0, 0.05) is 11.1 Å². The van der Waals surface area contributed by atoms with E-state index in [4.69, 9.17) is 5.73 Å². The number of nitrogens with two attached hydrogens (primary N) is 1. The van der Waals surface area contributed by atoms with Crippen LogP contribution in [0.5, 0.6) is 0 Å². The Balaban J connectivity index is 2.04. The SMILES string of the molecule is CC(C)(CS(=O)(=O)c1ccccc1-c1ccc(-c2cnc(N)cn2)c(F)c1)C(F)(F)F. The number of hydrogen-bond donors (Lipinski definition) is 1. The van der Waals surface area contributed by atoms with E-state index in [1.807, 2.05) is 0 Å². The van der Waals surface area contributed by atoms with Crippen molar-refractivity contribution >= 4 is 15.7 Å². The van der Waals surface area contributed by atoms with Crippen LogP contribution in [0.3, 0.4) is 0 Å². The minimum Gasteiger partial charge on any atom is -0.382 e. The number of rotatable bonds is 5. The van der Waals surface area contributed by atoms with Gasteiger partial charge in [0.25, 0.3) is 0 Å². The van der Waals surface area contributed by atoms with E-state index in [1.165, 1.54) is 48.8 Å². The Labute approximate surface area is 176 Å². The Bertz CT molecular complexity index is 1210. The van der Waals surface area contributed by atoms with Crippen molar-refractivity contribution in [2.24, 2.45) is 5.41 Å². The average molecular weight is 453 g/mol. The third-order valence-electron chi connectivity index (χ3n) is 4.77. The van der Waals surface area contributed by atoms with E-state index in [-0.39, 0.29) is 33.1 Å². The Kier molecular flexibility index (Phi) is 5.79. The van der Waals surface area contributed by atoms with E-state index < -0.39 is 33.0 Å². The van der Waals surface area contributed by atoms with E-state index >= 15 is 0 Å². The first kappa shape index (κ1) is 22.7. The van der Waals surface area contributed by atoms with E-state index in [9.17, 15) is 26.0 Å². The second-order valence-corrected chi connectivity index (χ2v) is 9.62. The molecule has 0 fully saturated rings. The summed E-state index contributed by atoms with van der Waals surface area (Å²) in [6.45, 7) is 1.66. The van der Waals surface area contributed by atoms with Gasteiger partial charge >= 0.3 is 6.18 Å². The Hall–Kier alpha value is -3.01. The zero-order valence-electron chi connectivity index (χ0n) is 16.6. The summed E-state index contributed by atoms with van der Waals surface area (Å²) in [4.78, 5) is 7.56. The van der Waals surface area contributed by atoms with Crippen molar-refractivity contribution in [1.29, 1.82) is 0 Å². The maximum Gasteiger partial charge on any atom is 0.394 e. The molecule has 0 aliphatic carbocycles. The maximum atomic E-state index is 14.8. The largest absolute Gasteiger partial charge is 0.394 e. The number of aromatic nitrogens is 2. The van der Waals surface area contributed by atoms with Crippen molar-refractivity contribution in [3.05, 3.63) is 60.7 Å². The molecule has 0 radical (unpaired) electrons. The number of nitrogen functional groups attached to an aromatic ring is 1. The first-order valence-corrected chi connectivity index (χ1v) is 10.7. The zero-order valence-corrected chi connectivity index (χ0v) is 17.4. The standard InChI is InChI=1S/C21H19F4N3O2S/c1-20(2,21(23,24)25)12-31(29,30)18-6-4-3-5-14(18)13-7-8-15(16(22)9-13)17-10-28-19(26)11-27-17/h3-11H,12H2,1-2H3,(H2,26,28). The molecule has 31 heavy (non-hydrogen) atoms. The van der Waals surface area contributed by atoms with Crippen LogP contribution in [-0.4, -0.2) is 30.3 Å². The molecule has 0 aliphatic heterocycles. The van der Waals surface area contributed by atoms with Crippen LogP contribution >= 0.6 is 0 Å². The zero-order chi connectivity index (χ0) is 23.0. The molecule has 0 amide bonds. The lowest BCUT2D eigenvalue weighted by atomic mass is 9.96. The molecule has 0 spiro atoms. The molecule has 1 heterocycles. The molecule has 5 nitrogen and oxygen atoms in total. The summed E-state index contributed by atoms with van der Waals surface area (Å²) in [5.74, 6) is -1.66. The highest BCUT2D eigenvalue weighted by molar-refractivity contribution is 7.91. The summed E-state index contributed by atoms with van der Waals surface area (Å²) in [5, 5.41) is 0. The monoisotopic (exact) mass is 453 g/mol. The van der Waals surface area contributed by atoms with Gasteiger partial charge in [-0.15, -0.1) is 0 Å². The molecule has 3 aromatic rings. The molecule has 0 unspecified atom stereocenters. The first-order valence-electron chi connectivity index (χ1n) is 9.08. The van der Waals surface area contributed by atoms with Crippen molar-refractivity contribution < 1.29 is 26.0 Å². The van der Waals surface area contributed by atoms with Gasteiger partial charge in [-0.2, -0.15) is 13.2 Å². The molecule has 0 saturated heterocycles. The van der Waals surface area contributed by atoms with Gasteiger partial charge in [0.1, 0.15) is 11.6 Å². The van der Waals surface area contributed by atoms with Gasteiger partial charge in [0.15, 0.2) is 9.84 Å². The van der Waals surface area contributed by atoms with Gasteiger partial charge in [-0.3, -0.25) is 4.98 Å². The summed E-state index contributed by atoms with van der Waals surface area (Å²) in [6.07, 6.45) is -2.14. The van der Waals surface area contributed by atoms with Crippen LogP contribution in [0.25, 0.3) is 22.4 Å². The van der Waals surface area contributed by atoms with E-state index in [0.29, 0.717) is 0 Å². The number of nitrogens with zero attached hydrogens (tertiary/aromatic N) is 2. The lowest BCUT2D eigenvalue weighted by Gasteiger charge is -2.27. The number of halogens is 4. The highest BCUT2D eigenvalue weighted by atomic mass is 32.2. The van der Waals surface area contributed by atoms with E-state index in [2.05, 4.69) is 9.97 Å². The topological polar surface area (TPSA) is 85.9 Å². The number of sulfone groups is 1. The van der Waals surface area contributed by atoms with Crippen LogP contribution in [-0.2, 0) is 9.84 Å². The Morgan fingerprint density at radius 1 is 0.968 bits per heavy atom. The predicted molar refractivity (Wildman–Crippen MR) is 109 cm³/mol. The van der Waals surface area contributed by atoms with Crippen LogP contribution in [0.4, 0.5) is 23.4 Å². The third kappa shape index (κ3) is 4.68. The minimum absolute atomic E-state index is 0.106. The van der Waals surface area contributed by atoms with Crippen LogP contribution < -0.4 is 5.73 Å². The van der Waals surface area contributed by atoms with Crippen LogP contribution in [0.2, 0.25) is 0 Å². The predicted octanol–water partition coefficient (Wildman–Crippen LogP) is 4.89. The van der Waals surface area contributed by atoms with Crippen molar-refractivity contribution in [2.75, 3.05) is 11.5 Å². The van der Waals surface area contributed by atoms with Crippen LogP contribution in [0.15, 0.2) is 59.8 Å². The molecule has 164 valence electrons. The van der Waals surface area contributed by atoms with Gasteiger partial charge in [0.2, 0.25) is 0 Å². The van der Waals surface area contributed by atoms with Crippen molar-refractivity contribution in [2.45, 2.75) is 24.9 Å². The lowest BCUT2D eigenvalue weighted by molar-refractivity contribution is -0.203. The van der Waals surface area contributed by atoms with E-state index in [0.717, 1.165) is 19.9 Å². The smallest absolute Gasteiger partial charge is 0.382 e. The van der Waals surface area contributed by atoms with Gasteiger partial charge in [0.05, 0.1) is 34.2 Å². The van der Waals surface area contributed by atoms with Crippen molar-refractivity contribution in [1.82, 2.24) is 9.97 Å². The first-order chi connectivity index (χ1) is 14.3. The number of hydrogen-bond acceptors (Lipinski definition) is 5. The quantitative estimate of drug-likeness (QED) is 0.556. The summed E-state index contributed by atoms with van der Waals surface area (Å²) in [5.41, 5.74) is 3.68. The van der Waals surface area contributed by atoms with Gasteiger partial charge in [-0.05, 0) is 23.8 Å². The summed E-state index contributed by atoms with van der Waals surface area (Å²) >= 11 is 0. The fourth-order valence-electron chi connectivity index (χ4n) is 2.98. The molecule has 0 bridgehead atoms. The van der Waals surface area contributed by atoms with Gasteiger partial charge in [-0.25, -0.2) is 17.8 Å². The second-order valence-electron chi connectivity index (χ2n) is 7.66. The summed E-state index contributed by atoms with van der Waals surface area (Å²) in [6, 6.07) is 9.55. The fourth-order valence-corrected chi connectivity index (χ4v) is 5.05. The Morgan fingerprint density at radius 2 is 1.65 bits per heavy atom. The van der Waals surface area contributed by atoms with Gasteiger partial charge < -0.3 is 5.73 Å². The average Bonchev–Trinajstić information content (AvgIpc) is 2.67. The molecule has 0 saturated carbocycles. The lowest BCUT2D eigenvalue weighted by Crippen LogP contribution is -2.38. The van der Waals surface area contributed by atoms with Crippen LogP contribution in [0.1, 0.15) is 13.8 Å². The molecule has 2 N–H and O–H groups in total. The molecular weight excluding hydrogens is 434 g/mol. The number of benzene rings is 2. The molecular formula is C21H19F4N3O2S. The summed E-state index contributed by atoms with van der Waals surface area (Å²) in [7, 11) is -4.34. The van der Waals surface area contributed by atoms with Crippen LogP contribution in [0, 0.1) is 11.2 Å². The third-order valence-corrected chi connectivity index (χ3v) is 6.90. The Morgan fingerprint density at radius 3 is 2.23 bits per heavy atom.